The first-order chi connectivity index (χ1) is 10.9. The fraction of sp³-hybridized carbons (Fsp3) is 0.944. The van der Waals surface area contributed by atoms with Gasteiger partial charge < -0.3 is 19.9 Å². The molecular weight excluding hydrogens is 290 g/mol. The van der Waals surface area contributed by atoms with Crippen molar-refractivity contribution in [1.29, 1.82) is 0 Å². The van der Waals surface area contributed by atoms with Crippen LogP contribution in [0.25, 0.3) is 0 Å². The summed E-state index contributed by atoms with van der Waals surface area (Å²) in [6.45, 7) is 11.3. The molecule has 3 rings (SSSR count). The van der Waals surface area contributed by atoms with Crippen LogP contribution in [0.1, 0.15) is 52.9 Å². The number of hydrogen-bond donors (Lipinski definition) is 1. The molecule has 0 saturated carbocycles. The van der Waals surface area contributed by atoms with Crippen molar-refractivity contribution < 1.29 is 9.53 Å². The van der Waals surface area contributed by atoms with E-state index in [1.807, 2.05) is 25.7 Å². The lowest BCUT2D eigenvalue weighted by Gasteiger charge is -2.39. The number of ether oxygens (including phenoxy) is 1. The summed E-state index contributed by atoms with van der Waals surface area (Å²) in [5.74, 6) is 0.808. The summed E-state index contributed by atoms with van der Waals surface area (Å²) in [6, 6.07) is 0.925. The van der Waals surface area contributed by atoms with Gasteiger partial charge in [-0.15, -0.1) is 0 Å². The molecule has 4 unspecified atom stereocenters. The minimum Gasteiger partial charge on any atom is -0.444 e. The van der Waals surface area contributed by atoms with E-state index in [1.165, 1.54) is 38.9 Å². The van der Waals surface area contributed by atoms with Gasteiger partial charge in [0.1, 0.15) is 5.60 Å². The first-order valence-corrected chi connectivity index (χ1v) is 9.38. The van der Waals surface area contributed by atoms with Crippen molar-refractivity contribution in [3.63, 3.8) is 0 Å². The second-order valence-corrected chi connectivity index (χ2v) is 8.48. The van der Waals surface area contributed by atoms with Crippen LogP contribution in [0.2, 0.25) is 0 Å². The Morgan fingerprint density at radius 3 is 2.70 bits per heavy atom. The van der Waals surface area contributed by atoms with E-state index in [4.69, 9.17) is 4.74 Å². The molecule has 0 spiro atoms. The van der Waals surface area contributed by atoms with E-state index in [0.717, 1.165) is 31.8 Å². The van der Waals surface area contributed by atoms with Gasteiger partial charge in [0.15, 0.2) is 0 Å². The standard InChI is InChI=1S/C18H33N3O2/c1-18(2,3)23-17(22)21-9-5-4-6-15(21)12-19-16-8-11-20-10-7-14(16)13-20/h14-16,19H,4-13H2,1-3H3. The SMILES string of the molecule is CC(C)(C)OC(=O)N1CCCCC1CNC1CCN2CCC1C2. The molecular formula is C18H33N3O2. The number of piperidine rings is 2. The first-order valence-electron chi connectivity index (χ1n) is 9.38. The lowest BCUT2D eigenvalue weighted by molar-refractivity contribution is 0.00926. The highest BCUT2D eigenvalue weighted by Gasteiger charge is 2.35. The number of fused-ring (bicyclic) bond motifs is 2. The Bertz CT molecular complexity index is 421. The average Bonchev–Trinajstić information content (AvgIpc) is 2.87. The lowest BCUT2D eigenvalue weighted by Crippen LogP contribution is -2.53. The summed E-state index contributed by atoms with van der Waals surface area (Å²) in [7, 11) is 0. The van der Waals surface area contributed by atoms with E-state index in [-0.39, 0.29) is 12.1 Å². The van der Waals surface area contributed by atoms with Gasteiger partial charge in [0.2, 0.25) is 0 Å². The first kappa shape index (κ1) is 17.0. The van der Waals surface area contributed by atoms with Crippen LogP contribution in [0.5, 0.6) is 0 Å². The Kier molecular flexibility index (Phi) is 5.16. The third kappa shape index (κ3) is 4.38. The highest BCUT2D eigenvalue weighted by molar-refractivity contribution is 5.68. The van der Waals surface area contributed by atoms with Gasteiger partial charge >= 0.3 is 6.09 Å². The zero-order chi connectivity index (χ0) is 16.4. The third-order valence-electron chi connectivity index (χ3n) is 5.50. The molecule has 3 aliphatic rings. The molecule has 5 nitrogen and oxygen atoms in total. The number of likely N-dealkylation sites (tertiary alicyclic amines) is 1. The van der Waals surface area contributed by atoms with Gasteiger partial charge in [-0.05, 0) is 71.9 Å². The van der Waals surface area contributed by atoms with Crippen LogP contribution in [-0.4, -0.2) is 66.3 Å². The smallest absolute Gasteiger partial charge is 0.410 e. The zero-order valence-corrected chi connectivity index (χ0v) is 15.0. The molecule has 2 bridgehead atoms. The molecule has 0 aromatic heterocycles. The number of carbonyl (C=O) groups is 1. The van der Waals surface area contributed by atoms with E-state index in [1.54, 1.807) is 0 Å². The fourth-order valence-corrected chi connectivity index (χ4v) is 4.28. The van der Waals surface area contributed by atoms with Crippen molar-refractivity contribution in [2.45, 2.75) is 70.6 Å². The number of nitrogens with one attached hydrogen (secondary N) is 1. The minimum atomic E-state index is -0.414. The summed E-state index contributed by atoms with van der Waals surface area (Å²) in [6.07, 6.45) is 5.85. The topological polar surface area (TPSA) is 44.8 Å². The van der Waals surface area contributed by atoms with Gasteiger partial charge in [-0.3, -0.25) is 0 Å². The maximum absolute atomic E-state index is 12.5. The number of carbonyl (C=O) groups excluding carboxylic acids is 1. The summed E-state index contributed by atoms with van der Waals surface area (Å²) < 4.78 is 5.60. The Balaban J connectivity index is 1.53. The Morgan fingerprint density at radius 2 is 1.91 bits per heavy atom. The molecule has 132 valence electrons. The summed E-state index contributed by atoms with van der Waals surface area (Å²) >= 11 is 0. The highest BCUT2D eigenvalue weighted by Crippen LogP contribution is 2.27. The normalized spacial score (nSPS) is 34.5. The van der Waals surface area contributed by atoms with Crippen LogP contribution in [0, 0.1) is 5.92 Å². The monoisotopic (exact) mass is 323 g/mol. The van der Waals surface area contributed by atoms with Crippen molar-refractivity contribution in [3.8, 4) is 0 Å². The maximum Gasteiger partial charge on any atom is 0.410 e. The number of amides is 1. The summed E-state index contributed by atoms with van der Waals surface area (Å²) in [5, 5.41) is 3.79. The van der Waals surface area contributed by atoms with Crippen LogP contribution < -0.4 is 5.32 Å². The van der Waals surface area contributed by atoms with Crippen LogP contribution in [0.3, 0.4) is 0 Å². The molecule has 4 atom stereocenters. The van der Waals surface area contributed by atoms with Crippen LogP contribution >= 0.6 is 0 Å². The number of rotatable bonds is 3. The van der Waals surface area contributed by atoms with Crippen molar-refractivity contribution in [1.82, 2.24) is 15.1 Å². The summed E-state index contributed by atoms with van der Waals surface area (Å²) in [4.78, 5) is 17.0. The quantitative estimate of drug-likeness (QED) is 0.866. The van der Waals surface area contributed by atoms with Gasteiger partial charge in [-0.1, -0.05) is 0 Å². The molecule has 3 fully saturated rings. The molecule has 1 amide bonds. The molecule has 5 heteroatoms. The molecule has 1 N–H and O–H groups in total. The lowest BCUT2D eigenvalue weighted by atomic mass is 9.93. The molecule has 0 aromatic rings. The van der Waals surface area contributed by atoms with Gasteiger partial charge in [-0.2, -0.15) is 0 Å². The summed E-state index contributed by atoms with van der Waals surface area (Å²) in [5.41, 5.74) is -0.414. The predicted molar refractivity (Wildman–Crippen MR) is 91.5 cm³/mol. The molecule has 0 aromatic carbocycles. The van der Waals surface area contributed by atoms with Crippen molar-refractivity contribution in [3.05, 3.63) is 0 Å². The second-order valence-electron chi connectivity index (χ2n) is 8.48. The predicted octanol–water partition coefficient (Wildman–Crippen LogP) is 2.46. The molecule has 0 aliphatic carbocycles. The molecule has 3 aliphatic heterocycles. The number of hydrogen-bond acceptors (Lipinski definition) is 4. The van der Waals surface area contributed by atoms with E-state index >= 15 is 0 Å². The second kappa shape index (κ2) is 6.98. The molecule has 3 heterocycles. The minimum absolute atomic E-state index is 0.139. The van der Waals surface area contributed by atoms with Crippen LogP contribution in [0.4, 0.5) is 4.79 Å². The van der Waals surface area contributed by atoms with E-state index < -0.39 is 5.60 Å². The van der Waals surface area contributed by atoms with Gasteiger partial charge in [0.25, 0.3) is 0 Å². The number of nitrogens with zero attached hydrogens (tertiary/aromatic N) is 2. The molecule has 23 heavy (non-hydrogen) atoms. The average molecular weight is 323 g/mol. The molecule has 3 saturated heterocycles. The van der Waals surface area contributed by atoms with Gasteiger partial charge in [0.05, 0.1) is 0 Å². The van der Waals surface area contributed by atoms with Gasteiger partial charge in [0, 0.05) is 31.7 Å². The fourth-order valence-electron chi connectivity index (χ4n) is 4.28. The van der Waals surface area contributed by atoms with E-state index in [2.05, 4.69) is 10.2 Å². The Labute approximate surface area is 140 Å². The van der Waals surface area contributed by atoms with E-state index in [0.29, 0.717) is 6.04 Å². The Hall–Kier alpha value is -0.810. The highest BCUT2D eigenvalue weighted by atomic mass is 16.6. The third-order valence-corrected chi connectivity index (χ3v) is 5.50. The van der Waals surface area contributed by atoms with Crippen molar-refractivity contribution >= 4 is 6.09 Å². The zero-order valence-electron chi connectivity index (χ0n) is 15.0. The van der Waals surface area contributed by atoms with Crippen LogP contribution in [-0.2, 0) is 4.74 Å². The largest absolute Gasteiger partial charge is 0.444 e. The van der Waals surface area contributed by atoms with Crippen molar-refractivity contribution in [2.24, 2.45) is 5.92 Å². The Morgan fingerprint density at radius 1 is 1.13 bits per heavy atom. The van der Waals surface area contributed by atoms with Crippen LogP contribution in [0.15, 0.2) is 0 Å². The maximum atomic E-state index is 12.5. The van der Waals surface area contributed by atoms with E-state index in [9.17, 15) is 4.79 Å². The molecule has 0 radical (unpaired) electrons. The van der Waals surface area contributed by atoms with Crippen molar-refractivity contribution in [2.75, 3.05) is 32.7 Å². The van der Waals surface area contributed by atoms with Gasteiger partial charge in [-0.25, -0.2) is 4.79 Å².